The van der Waals surface area contributed by atoms with Crippen molar-refractivity contribution in [2.24, 2.45) is 10.1 Å². The number of hydrazine groups is 1. The number of guanidine groups is 1. The summed E-state index contributed by atoms with van der Waals surface area (Å²) in [6.45, 7) is 5.17. The van der Waals surface area contributed by atoms with Gasteiger partial charge in [0, 0.05) is 6.54 Å². The van der Waals surface area contributed by atoms with E-state index in [9.17, 15) is 0 Å². The van der Waals surface area contributed by atoms with Gasteiger partial charge in [0.05, 0.1) is 11.8 Å². The number of benzene rings is 1. The minimum Gasteiger partial charge on any atom is -0.290 e. The Morgan fingerprint density at radius 3 is 2.70 bits per heavy atom. The van der Waals surface area contributed by atoms with Gasteiger partial charge in [-0.3, -0.25) is 5.43 Å². The zero-order valence-corrected chi connectivity index (χ0v) is 12.2. The second kappa shape index (κ2) is 7.65. The number of hydrazone groups is 1. The first-order valence-electron chi connectivity index (χ1n) is 7.27. The number of rotatable bonds is 6. The van der Waals surface area contributed by atoms with Crippen LogP contribution in [0.3, 0.4) is 0 Å². The van der Waals surface area contributed by atoms with Crippen LogP contribution in [0.15, 0.2) is 40.4 Å². The topological polar surface area (TPSA) is 60.8 Å². The fourth-order valence-corrected chi connectivity index (χ4v) is 2.07. The molecule has 1 aliphatic rings. The highest BCUT2D eigenvalue weighted by atomic mass is 15.5. The van der Waals surface area contributed by atoms with Crippen LogP contribution in [-0.4, -0.2) is 24.3 Å². The number of nitrogens with one attached hydrogen (secondary N) is 3. The van der Waals surface area contributed by atoms with Crippen LogP contribution < -0.4 is 16.3 Å². The van der Waals surface area contributed by atoms with Gasteiger partial charge in [-0.1, -0.05) is 50.1 Å². The van der Waals surface area contributed by atoms with Crippen LogP contribution in [0.1, 0.15) is 38.7 Å². The summed E-state index contributed by atoms with van der Waals surface area (Å²) in [4.78, 5) is 4.56. The molecule has 0 aromatic heterocycles. The summed E-state index contributed by atoms with van der Waals surface area (Å²) in [5.41, 5.74) is 11.2. The van der Waals surface area contributed by atoms with E-state index in [0.717, 1.165) is 24.2 Å². The second-order valence-corrected chi connectivity index (χ2v) is 4.89. The van der Waals surface area contributed by atoms with E-state index in [4.69, 9.17) is 0 Å². The van der Waals surface area contributed by atoms with Gasteiger partial charge in [-0.15, -0.1) is 0 Å². The highest BCUT2D eigenvalue weighted by Gasteiger charge is 2.17. The van der Waals surface area contributed by atoms with Crippen LogP contribution in [0.5, 0.6) is 0 Å². The predicted molar refractivity (Wildman–Crippen MR) is 83.7 cm³/mol. The molecular formula is C15H23N5. The molecule has 0 aliphatic carbocycles. The van der Waals surface area contributed by atoms with Crippen molar-refractivity contribution in [3.05, 3.63) is 35.9 Å². The van der Waals surface area contributed by atoms with E-state index in [1.165, 1.54) is 12.8 Å². The van der Waals surface area contributed by atoms with Crippen molar-refractivity contribution in [3.8, 4) is 0 Å². The van der Waals surface area contributed by atoms with E-state index in [1.54, 1.807) is 0 Å². The van der Waals surface area contributed by atoms with Gasteiger partial charge in [0.15, 0.2) is 0 Å². The predicted octanol–water partition coefficient (Wildman–Crippen LogP) is 2.02. The number of hydrogen-bond donors (Lipinski definition) is 3. The van der Waals surface area contributed by atoms with Crippen molar-refractivity contribution in [1.29, 1.82) is 0 Å². The van der Waals surface area contributed by atoms with Crippen LogP contribution in [0.4, 0.5) is 0 Å². The van der Waals surface area contributed by atoms with Crippen LogP contribution >= 0.6 is 0 Å². The number of hydrogen-bond acceptors (Lipinski definition) is 5. The van der Waals surface area contributed by atoms with E-state index in [1.807, 2.05) is 37.3 Å². The molecule has 1 aliphatic heterocycles. The number of aliphatic imine (C=N–C) groups is 1. The lowest BCUT2D eigenvalue weighted by atomic mass is 10.0. The minimum atomic E-state index is 0.0404. The third kappa shape index (κ3) is 4.06. The van der Waals surface area contributed by atoms with Gasteiger partial charge in [-0.2, -0.15) is 5.10 Å². The Morgan fingerprint density at radius 1 is 1.20 bits per heavy atom. The first kappa shape index (κ1) is 14.5. The second-order valence-electron chi connectivity index (χ2n) is 4.89. The molecule has 108 valence electrons. The zero-order chi connectivity index (χ0) is 14.2. The SMILES string of the molecule is CCCCCNNC1=NC(C)C(c2ccccc2)=NN1. The molecule has 3 N–H and O–H groups in total. The molecule has 0 saturated carbocycles. The van der Waals surface area contributed by atoms with Crippen molar-refractivity contribution in [2.75, 3.05) is 6.54 Å². The molecule has 1 heterocycles. The molecule has 0 amide bonds. The highest BCUT2D eigenvalue weighted by molar-refractivity contribution is 6.06. The molecular weight excluding hydrogens is 250 g/mol. The summed E-state index contributed by atoms with van der Waals surface area (Å²) in [7, 11) is 0. The monoisotopic (exact) mass is 273 g/mol. The quantitative estimate of drug-likeness (QED) is 0.549. The lowest BCUT2D eigenvalue weighted by Gasteiger charge is -2.20. The minimum absolute atomic E-state index is 0.0404. The van der Waals surface area contributed by atoms with Crippen LogP contribution in [0, 0.1) is 0 Å². The van der Waals surface area contributed by atoms with E-state index >= 15 is 0 Å². The lowest BCUT2D eigenvalue weighted by molar-refractivity contribution is 0.580. The molecule has 1 aromatic rings. The standard InChI is InChI=1S/C15H23N5/c1-3-4-8-11-16-19-15-17-12(2)14(18-20-15)13-9-6-5-7-10-13/h5-7,9-10,12,16H,3-4,8,11H2,1-2H3,(H2,17,19,20). The van der Waals surface area contributed by atoms with Gasteiger partial charge in [0.2, 0.25) is 5.96 Å². The van der Waals surface area contributed by atoms with Crippen molar-refractivity contribution in [3.63, 3.8) is 0 Å². The Morgan fingerprint density at radius 2 is 2.00 bits per heavy atom. The normalized spacial score (nSPS) is 18.0. The fourth-order valence-electron chi connectivity index (χ4n) is 2.07. The Kier molecular flexibility index (Phi) is 5.55. The first-order valence-corrected chi connectivity index (χ1v) is 7.27. The summed E-state index contributed by atoms with van der Waals surface area (Å²) >= 11 is 0. The van der Waals surface area contributed by atoms with Gasteiger partial charge < -0.3 is 0 Å². The van der Waals surface area contributed by atoms with E-state index < -0.39 is 0 Å². The van der Waals surface area contributed by atoms with Crippen LogP contribution in [0.2, 0.25) is 0 Å². The zero-order valence-electron chi connectivity index (χ0n) is 12.2. The maximum atomic E-state index is 4.56. The molecule has 5 heteroatoms. The third-order valence-electron chi connectivity index (χ3n) is 3.18. The Balaban J connectivity index is 1.83. The molecule has 2 rings (SSSR count). The molecule has 1 unspecified atom stereocenters. The lowest BCUT2D eigenvalue weighted by Crippen LogP contribution is -2.47. The number of nitrogens with zero attached hydrogens (tertiary/aromatic N) is 2. The van der Waals surface area contributed by atoms with Gasteiger partial charge in [-0.25, -0.2) is 15.8 Å². The molecule has 0 spiro atoms. The first-order chi connectivity index (χ1) is 9.81. The van der Waals surface area contributed by atoms with Crippen molar-refractivity contribution < 1.29 is 0 Å². The molecule has 0 fully saturated rings. The average molecular weight is 273 g/mol. The molecule has 20 heavy (non-hydrogen) atoms. The highest BCUT2D eigenvalue weighted by Crippen LogP contribution is 2.09. The van der Waals surface area contributed by atoms with Gasteiger partial charge in [-0.05, 0) is 18.9 Å². The van der Waals surface area contributed by atoms with Crippen LogP contribution in [-0.2, 0) is 0 Å². The largest absolute Gasteiger partial charge is 0.290 e. The molecule has 0 saturated heterocycles. The number of unbranched alkanes of at least 4 members (excludes halogenated alkanes) is 2. The van der Waals surface area contributed by atoms with E-state index in [2.05, 4.69) is 33.3 Å². The van der Waals surface area contributed by atoms with Crippen molar-refractivity contribution in [1.82, 2.24) is 16.3 Å². The summed E-state index contributed by atoms with van der Waals surface area (Å²) < 4.78 is 0. The average Bonchev–Trinajstić information content (AvgIpc) is 2.48. The Labute approximate surface area is 120 Å². The Bertz CT molecular complexity index is 466. The summed E-state index contributed by atoms with van der Waals surface area (Å²) in [5, 5.41) is 4.41. The summed E-state index contributed by atoms with van der Waals surface area (Å²) in [5.74, 6) is 0.675. The summed E-state index contributed by atoms with van der Waals surface area (Å²) in [6, 6.07) is 10.2. The third-order valence-corrected chi connectivity index (χ3v) is 3.18. The molecule has 0 bridgehead atoms. The summed E-state index contributed by atoms with van der Waals surface area (Å²) in [6.07, 6.45) is 3.62. The smallest absolute Gasteiger partial charge is 0.227 e. The van der Waals surface area contributed by atoms with E-state index in [-0.39, 0.29) is 6.04 Å². The molecule has 1 atom stereocenters. The van der Waals surface area contributed by atoms with Crippen molar-refractivity contribution in [2.45, 2.75) is 39.2 Å². The maximum Gasteiger partial charge on any atom is 0.227 e. The van der Waals surface area contributed by atoms with Crippen LogP contribution in [0.25, 0.3) is 0 Å². The van der Waals surface area contributed by atoms with Gasteiger partial charge >= 0.3 is 0 Å². The van der Waals surface area contributed by atoms with Crippen molar-refractivity contribution >= 4 is 11.7 Å². The maximum absolute atomic E-state index is 4.56. The Hall–Kier alpha value is -1.88. The molecule has 0 radical (unpaired) electrons. The van der Waals surface area contributed by atoms with Gasteiger partial charge in [0.25, 0.3) is 0 Å². The van der Waals surface area contributed by atoms with E-state index in [0.29, 0.717) is 5.96 Å². The fraction of sp³-hybridized carbons (Fsp3) is 0.467. The van der Waals surface area contributed by atoms with Gasteiger partial charge in [0.1, 0.15) is 0 Å². The molecule has 5 nitrogen and oxygen atoms in total. The molecule has 1 aromatic carbocycles.